The second-order valence-corrected chi connectivity index (χ2v) is 9.49. The van der Waals surface area contributed by atoms with Gasteiger partial charge in [0.15, 0.2) is 0 Å². The van der Waals surface area contributed by atoms with Gasteiger partial charge in [-0.2, -0.15) is 5.10 Å². The number of hydrogen-bond acceptors (Lipinski definition) is 4. The lowest BCUT2D eigenvalue weighted by molar-refractivity contribution is 0.102. The van der Waals surface area contributed by atoms with Crippen molar-refractivity contribution in [3.8, 4) is 11.1 Å². The van der Waals surface area contributed by atoms with Gasteiger partial charge in [-0.25, -0.2) is 9.37 Å². The Morgan fingerprint density at radius 1 is 1.00 bits per heavy atom. The highest BCUT2D eigenvalue weighted by molar-refractivity contribution is 6.08. The lowest BCUT2D eigenvalue weighted by Gasteiger charge is -2.15. The summed E-state index contributed by atoms with van der Waals surface area (Å²) in [6.45, 7) is 3.49. The average Bonchev–Trinajstić information content (AvgIpc) is 3.67. The van der Waals surface area contributed by atoms with Crippen LogP contribution >= 0.6 is 0 Å². The fraction of sp³-hybridized carbons (Fsp3) is 0.207. The molecule has 1 amide bonds. The van der Waals surface area contributed by atoms with E-state index >= 15 is 4.39 Å². The first kappa shape index (κ1) is 23.1. The average molecular weight is 495 g/mol. The van der Waals surface area contributed by atoms with E-state index in [1.54, 1.807) is 35.5 Å². The predicted octanol–water partition coefficient (Wildman–Crippen LogP) is 5.46. The van der Waals surface area contributed by atoms with Crippen molar-refractivity contribution in [1.29, 1.82) is 0 Å². The Bertz CT molecular complexity index is 1550. The summed E-state index contributed by atoms with van der Waals surface area (Å²) < 4.78 is 16.8. The van der Waals surface area contributed by atoms with Crippen LogP contribution in [-0.2, 0) is 13.1 Å². The zero-order chi connectivity index (χ0) is 25.2. The standard InChI is InChI=1S/C29H27FN6O/c30-26-12-21(17-35-10-4-5-11-35)8-9-24(26)22-13-25-27(16-32-28(25)31-14-22)34-29(37)23-15-33-36(19-23)18-20-6-2-1-3-7-20/h1-3,6-9,12-16,19H,4-5,10-11,17-18H2,(H,31,32)(H,34,37). The number of anilines is 1. The van der Waals surface area contributed by atoms with Crippen LogP contribution in [0.25, 0.3) is 22.2 Å². The second-order valence-electron chi connectivity index (χ2n) is 9.49. The topological polar surface area (TPSA) is 78.8 Å². The van der Waals surface area contributed by atoms with E-state index in [0.717, 1.165) is 30.8 Å². The van der Waals surface area contributed by atoms with Gasteiger partial charge >= 0.3 is 0 Å². The molecule has 1 aliphatic rings. The largest absolute Gasteiger partial charge is 0.344 e. The van der Waals surface area contributed by atoms with Crippen LogP contribution in [0.3, 0.4) is 0 Å². The molecule has 186 valence electrons. The quantitative estimate of drug-likeness (QED) is 0.315. The van der Waals surface area contributed by atoms with Crippen LogP contribution in [0.15, 0.2) is 79.4 Å². The third kappa shape index (κ3) is 5.01. The molecule has 6 rings (SSSR count). The Kier molecular flexibility index (Phi) is 6.24. The Hall–Kier alpha value is -4.30. The molecule has 1 aliphatic heterocycles. The molecule has 7 nitrogen and oxygen atoms in total. The number of aromatic amines is 1. The number of pyridine rings is 1. The molecule has 0 unspecified atom stereocenters. The van der Waals surface area contributed by atoms with Crippen LogP contribution in [0.4, 0.5) is 10.1 Å². The van der Waals surface area contributed by atoms with Gasteiger partial charge in [0.25, 0.3) is 5.91 Å². The Morgan fingerprint density at radius 3 is 2.65 bits per heavy atom. The fourth-order valence-corrected chi connectivity index (χ4v) is 4.88. The van der Waals surface area contributed by atoms with Crippen molar-refractivity contribution < 1.29 is 9.18 Å². The van der Waals surface area contributed by atoms with Gasteiger partial charge in [-0.3, -0.25) is 14.4 Å². The van der Waals surface area contributed by atoms with Gasteiger partial charge < -0.3 is 10.3 Å². The number of carbonyl (C=O) groups excluding carboxylic acids is 1. The summed E-state index contributed by atoms with van der Waals surface area (Å²) in [6.07, 6.45) is 9.03. The molecular formula is C29H27FN6O. The van der Waals surface area contributed by atoms with Crippen LogP contribution in [0.1, 0.15) is 34.3 Å². The number of amides is 1. The number of hydrogen-bond donors (Lipinski definition) is 2. The van der Waals surface area contributed by atoms with Gasteiger partial charge in [-0.1, -0.05) is 42.5 Å². The maximum atomic E-state index is 15.1. The number of nitrogens with one attached hydrogen (secondary N) is 2. The molecule has 8 heteroatoms. The van der Waals surface area contributed by atoms with Crippen LogP contribution < -0.4 is 5.32 Å². The van der Waals surface area contributed by atoms with E-state index in [4.69, 9.17) is 0 Å². The van der Waals surface area contributed by atoms with Gasteiger partial charge in [0.1, 0.15) is 11.5 Å². The number of H-pyrrole nitrogens is 1. The number of carbonyl (C=O) groups is 1. The molecular weight excluding hydrogens is 467 g/mol. The summed E-state index contributed by atoms with van der Waals surface area (Å²) in [7, 11) is 0. The highest BCUT2D eigenvalue weighted by Gasteiger charge is 2.16. The van der Waals surface area contributed by atoms with Crippen LogP contribution in [0.2, 0.25) is 0 Å². The summed E-state index contributed by atoms with van der Waals surface area (Å²) in [4.78, 5) is 22.8. The van der Waals surface area contributed by atoms with Crippen molar-refractivity contribution in [2.75, 3.05) is 18.4 Å². The smallest absolute Gasteiger partial charge is 0.258 e. The van der Waals surface area contributed by atoms with Crippen LogP contribution in [0, 0.1) is 5.82 Å². The van der Waals surface area contributed by atoms with E-state index in [-0.39, 0.29) is 11.7 Å². The predicted molar refractivity (Wildman–Crippen MR) is 142 cm³/mol. The molecule has 0 saturated carbocycles. The first-order valence-corrected chi connectivity index (χ1v) is 12.5. The monoisotopic (exact) mass is 494 g/mol. The minimum atomic E-state index is -0.275. The molecule has 37 heavy (non-hydrogen) atoms. The number of nitrogens with zero attached hydrogens (tertiary/aromatic N) is 4. The van der Waals surface area contributed by atoms with Gasteiger partial charge in [0, 0.05) is 41.6 Å². The van der Waals surface area contributed by atoms with E-state index in [1.807, 2.05) is 48.5 Å². The van der Waals surface area contributed by atoms with Gasteiger partial charge in [-0.05, 0) is 49.2 Å². The highest BCUT2D eigenvalue weighted by atomic mass is 19.1. The Balaban J connectivity index is 1.20. The maximum Gasteiger partial charge on any atom is 0.258 e. The van der Waals surface area contributed by atoms with E-state index < -0.39 is 0 Å². The molecule has 0 spiro atoms. The van der Waals surface area contributed by atoms with Crippen molar-refractivity contribution in [1.82, 2.24) is 24.6 Å². The first-order valence-electron chi connectivity index (χ1n) is 12.5. The number of aromatic nitrogens is 4. The fourth-order valence-electron chi connectivity index (χ4n) is 4.88. The summed E-state index contributed by atoms with van der Waals surface area (Å²) in [5, 5.41) is 7.97. The van der Waals surface area contributed by atoms with E-state index in [0.29, 0.717) is 40.0 Å². The molecule has 0 atom stereocenters. The van der Waals surface area contributed by atoms with Gasteiger partial charge in [-0.15, -0.1) is 0 Å². The summed E-state index contributed by atoms with van der Waals surface area (Å²) in [5.74, 6) is -0.548. The molecule has 4 heterocycles. The van der Waals surface area contributed by atoms with Crippen LogP contribution in [0.5, 0.6) is 0 Å². The second kappa shape index (κ2) is 9.99. The van der Waals surface area contributed by atoms with Crippen molar-refractivity contribution in [3.63, 3.8) is 0 Å². The van der Waals surface area contributed by atoms with Gasteiger partial charge in [0.2, 0.25) is 0 Å². The Labute approximate surface area is 214 Å². The lowest BCUT2D eigenvalue weighted by Crippen LogP contribution is -2.18. The number of likely N-dealkylation sites (tertiary alicyclic amines) is 1. The molecule has 0 aliphatic carbocycles. The van der Waals surface area contributed by atoms with Gasteiger partial charge in [0.05, 0.1) is 24.0 Å². The molecule has 3 aromatic heterocycles. The third-order valence-electron chi connectivity index (χ3n) is 6.81. The summed E-state index contributed by atoms with van der Waals surface area (Å²) in [5.41, 5.74) is 4.86. The number of halogens is 1. The summed E-state index contributed by atoms with van der Waals surface area (Å²) >= 11 is 0. The van der Waals surface area contributed by atoms with Crippen molar-refractivity contribution in [2.45, 2.75) is 25.9 Å². The molecule has 1 saturated heterocycles. The molecule has 2 aromatic carbocycles. The van der Waals surface area contributed by atoms with E-state index in [1.165, 1.54) is 12.8 Å². The SMILES string of the molecule is O=C(Nc1c[nH]c2ncc(-c3ccc(CN4CCCC4)cc3F)cc12)c1cnn(Cc2ccccc2)c1. The molecule has 0 bridgehead atoms. The Morgan fingerprint density at radius 2 is 1.84 bits per heavy atom. The minimum Gasteiger partial charge on any atom is -0.344 e. The van der Waals surface area contributed by atoms with Crippen molar-refractivity contribution in [3.05, 3.63) is 102 Å². The first-order chi connectivity index (χ1) is 18.1. The number of benzene rings is 2. The maximum absolute atomic E-state index is 15.1. The molecule has 5 aromatic rings. The zero-order valence-electron chi connectivity index (χ0n) is 20.3. The normalized spacial score (nSPS) is 13.9. The number of fused-ring (bicyclic) bond motifs is 1. The van der Waals surface area contributed by atoms with E-state index in [9.17, 15) is 4.79 Å². The molecule has 0 radical (unpaired) electrons. The number of rotatable bonds is 7. The summed E-state index contributed by atoms with van der Waals surface area (Å²) in [6, 6.07) is 17.2. The molecule has 2 N–H and O–H groups in total. The van der Waals surface area contributed by atoms with Crippen LogP contribution in [-0.4, -0.2) is 43.6 Å². The highest BCUT2D eigenvalue weighted by Crippen LogP contribution is 2.30. The lowest BCUT2D eigenvalue weighted by atomic mass is 10.0. The van der Waals surface area contributed by atoms with Crippen molar-refractivity contribution >= 4 is 22.6 Å². The third-order valence-corrected chi connectivity index (χ3v) is 6.81. The van der Waals surface area contributed by atoms with Crippen molar-refractivity contribution in [2.24, 2.45) is 0 Å². The minimum absolute atomic E-state index is 0.273. The molecule has 1 fully saturated rings. The zero-order valence-corrected chi connectivity index (χ0v) is 20.3. The van der Waals surface area contributed by atoms with E-state index in [2.05, 4.69) is 25.3 Å².